The van der Waals surface area contributed by atoms with E-state index in [9.17, 15) is 14.4 Å². The fourth-order valence-corrected chi connectivity index (χ4v) is 3.17. The molecule has 1 aliphatic rings. The summed E-state index contributed by atoms with van der Waals surface area (Å²) in [5.74, 6) is -0.936. The summed E-state index contributed by atoms with van der Waals surface area (Å²) in [5.41, 5.74) is 0.646. The van der Waals surface area contributed by atoms with Crippen LogP contribution in [-0.4, -0.2) is 29.3 Å². The van der Waals surface area contributed by atoms with Crippen LogP contribution in [0.15, 0.2) is 54.6 Å². The minimum absolute atomic E-state index is 0.251. The number of nitriles is 1. The lowest BCUT2D eigenvalue weighted by molar-refractivity contribution is -0.135. The van der Waals surface area contributed by atoms with Crippen molar-refractivity contribution in [2.45, 2.75) is 25.4 Å². The zero-order valence-corrected chi connectivity index (χ0v) is 15.6. The molecule has 2 atom stereocenters. The first kappa shape index (κ1) is 19.1. The second-order valence-electron chi connectivity index (χ2n) is 6.84. The largest absolute Gasteiger partial charge is 0.348 e. The van der Waals surface area contributed by atoms with Crippen LogP contribution in [0.5, 0.6) is 0 Å². The van der Waals surface area contributed by atoms with Crippen LogP contribution in [0.25, 0.3) is 0 Å². The number of benzene rings is 2. The third-order valence-electron chi connectivity index (χ3n) is 4.85. The third-order valence-corrected chi connectivity index (χ3v) is 4.85. The first-order chi connectivity index (χ1) is 13.3. The van der Waals surface area contributed by atoms with E-state index < -0.39 is 23.4 Å². The molecule has 142 valence electrons. The highest BCUT2D eigenvalue weighted by Crippen LogP contribution is 2.29. The molecule has 7 heteroatoms. The molecular weight excluding hydrogens is 356 g/mol. The Bertz CT molecular complexity index is 950. The van der Waals surface area contributed by atoms with Gasteiger partial charge in [0.2, 0.25) is 5.91 Å². The van der Waals surface area contributed by atoms with Gasteiger partial charge in [0.1, 0.15) is 12.1 Å². The van der Waals surface area contributed by atoms with Crippen molar-refractivity contribution in [1.29, 1.82) is 5.26 Å². The Kier molecular flexibility index (Phi) is 5.14. The molecule has 0 saturated carbocycles. The summed E-state index contributed by atoms with van der Waals surface area (Å²) >= 11 is 0. The zero-order chi connectivity index (χ0) is 20.3. The van der Waals surface area contributed by atoms with Crippen LogP contribution in [0.2, 0.25) is 0 Å². The van der Waals surface area contributed by atoms with Crippen LogP contribution in [0, 0.1) is 11.3 Å². The molecule has 3 rings (SSSR count). The van der Waals surface area contributed by atoms with E-state index in [1.165, 1.54) is 0 Å². The third kappa shape index (κ3) is 3.58. The van der Waals surface area contributed by atoms with E-state index in [1.54, 1.807) is 31.2 Å². The summed E-state index contributed by atoms with van der Waals surface area (Å²) < 4.78 is 0. The van der Waals surface area contributed by atoms with Crippen molar-refractivity contribution in [1.82, 2.24) is 15.5 Å². The summed E-state index contributed by atoms with van der Waals surface area (Å²) in [6.45, 7) is 3.05. The van der Waals surface area contributed by atoms with Crippen LogP contribution in [0.3, 0.4) is 0 Å². The van der Waals surface area contributed by atoms with Gasteiger partial charge >= 0.3 is 6.03 Å². The number of amides is 4. The van der Waals surface area contributed by atoms with Crippen LogP contribution >= 0.6 is 0 Å². The predicted molar refractivity (Wildman–Crippen MR) is 102 cm³/mol. The maximum Gasteiger partial charge on any atom is 0.325 e. The lowest BCUT2D eigenvalue weighted by atomic mass is 9.91. The number of urea groups is 1. The van der Waals surface area contributed by atoms with E-state index in [0.717, 1.165) is 10.5 Å². The summed E-state index contributed by atoms with van der Waals surface area (Å²) in [5, 5.41) is 14.4. The van der Waals surface area contributed by atoms with Crippen LogP contribution < -0.4 is 10.6 Å². The Balaban J connectivity index is 1.71. The summed E-state index contributed by atoms with van der Waals surface area (Å²) in [6, 6.07) is 16.9. The molecule has 1 aliphatic heterocycles. The second kappa shape index (κ2) is 7.53. The topological polar surface area (TPSA) is 102 Å². The summed E-state index contributed by atoms with van der Waals surface area (Å²) in [4.78, 5) is 38.5. The molecule has 28 heavy (non-hydrogen) atoms. The van der Waals surface area contributed by atoms with Crippen LogP contribution in [-0.2, 0) is 15.1 Å². The molecule has 1 fully saturated rings. The SMILES string of the molecule is CC(NC(=O)CN1C(=O)NC(C)(c2ccc(C#N)cc2)C1=O)c1ccccc1. The molecule has 2 unspecified atom stereocenters. The maximum absolute atomic E-state index is 12.9. The van der Waals surface area contributed by atoms with E-state index in [4.69, 9.17) is 5.26 Å². The van der Waals surface area contributed by atoms with Gasteiger partial charge in [-0.15, -0.1) is 0 Å². The minimum Gasteiger partial charge on any atom is -0.348 e. The lowest BCUT2D eigenvalue weighted by Gasteiger charge is -2.22. The van der Waals surface area contributed by atoms with E-state index in [2.05, 4.69) is 10.6 Å². The van der Waals surface area contributed by atoms with Crippen molar-refractivity contribution in [3.8, 4) is 6.07 Å². The number of nitrogens with zero attached hydrogens (tertiary/aromatic N) is 2. The van der Waals surface area contributed by atoms with Gasteiger partial charge in [0.05, 0.1) is 17.7 Å². The normalized spacial score (nSPS) is 19.7. The van der Waals surface area contributed by atoms with E-state index in [1.807, 2.05) is 43.3 Å². The van der Waals surface area contributed by atoms with Crippen molar-refractivity contribution in [2.75, 3.05) is 6.54 Å². The average molecular weight is 376 g/mol. The van der Waals surface area contributed by atoms with Gasteiger partial charge in [0.25, 0.3) is 5.91 Å². The number of rotatable bonds is 5. The molecule has 7 nitrogen and oxygen atoms in total. The Hall–Kier alpha value is -3.66. The Morgan fingerprint density at radius 3 is 2.43 bits per heavy atom. The molecule has 2 aromatic carbocycles. The molecule has 0 spiro atoms. The number of carbonyl (C=O) groups is 3. The second-order valence-corrected chi connectivity index (χ2v) is 6.84. The van der Waals surface area contributed by atoms with Gasteiger partial charge in [-0.2, -0.15) is 5.26 Å². The molecule has 2 aromatic rings. The van der Waals surface area contributed by atoms with Gasteiger partial charge < -0.3 is 10.6 Å². The highest BCUT2D eigenvalue weighted by Gasteiger charge is 2.49. The number of imide groups is 1. The van der Waals surface area contributed by atoms with Crippen molar-refractivity contribution < 1.29 is 14.4 Å². The van der Waals surface area contributed by atoms with Crippen molar-refractivity contribution in [3.63, 3.8) is 0 Å². The highest BCUT2D eigenvalue weighted by atomic mass is 16.2. The monoisotopic (exact) mass is 376 g/mol. The number of hydrogen-bond donors (Lipinski definition) is 2. The van der Waals surface area contributed by atoms with Gasteiger partial charge in [-0.05, 0) is 37.1 Å². The molecule has 0 aromatic heterocycles. The van der Waals surface area contributed by atoms with Gasteiger partial charge in [0.15, 0.2) is 0 Å². The standard InChI is InChI=1S/C21H20N4O3/c1-14(16-6-4-3-5-7-16)23-18(26)13-25-19(27)21(2,24-20(25)28)17-10-8-15(12-22)9-11-17/h3-11,14H,13H2,1-2H3,(H,23,26)(H,24,28). The summed E-state index contributed by atoms with van der Waals surface area (Å²) in [6.07, 6.45) is 0. The van der Waals surface area contributed by atoms with Crippen LogP contribution in [0.1, 0.15) is 36.6 Å². The molecule has 0 aliphatic carbocycles. The quantitative estimate of drug-likeness (QED) is 0.781. The fourth-order valence-electron chi connectivity index (χ4n) is 3.17. The molecule has 1 heterocycles. The van der Waals surface area contributed by atoms with E-state index in [0.29, 0.717) is 11.1 Å². The average Bonchev–Trinajstić information content (AvgIpc) is 2.92. The van der Waals surface area contributed by atoms with Gasteiger partial charge in [0, 0.05) is 0 Å². The van der Waals surface area contributed by atoms with Crippen molar-refractivity contribution in [2.24, 2.45) is 0 Å². The number of nitrogens with one attached hydrogen (secondary N) is 2. The molecule has 1 saturated heterocycles. The molecule has 0 radical (unpaired) electrons. The molecule has 4 amide bonds. The van der Waals surface area contributed by atoms with E-state index in [-0.39, 0.29) is 12.6 Å². The smallest absolute Gasteiger partial charge is 0.325 e. The fraction of sp³-hybridized carbons (Fsp3) is 0.238. The maximum atomic E-state index is 12.9. The van der Waals surface area contributed by atoms with Gasteiger partial charge in [-0.3, -0.25) is 14.5 Å². The highest BCUT2D eigenvalue weighted by molar-refractivity contribution is 6.09. The van der Waals surface area contributed by atoms with Gasteiger partial charge in [-0.1, -0.05) is 42.5 Å². The molecule has 0 bridgehead atoms. The molecular formula is C21H20N4O3. The van der Waals surface area contributed by atoms with Gasteiger partial charge in [-0.25, -0.2) is 4.79 Å². The Labute approximate surface area is 163 Å². The van der Waals surface area contributed by atoms with Crippen LogP contribution in [0.4, 0.5) is 4.79 Å². The Morgan fingerprint density at radius 2 is 1.82 bits per heavy atom. The number of carbonyl (C=O) groups excluding carboxylic acids is 3. The summed E-state index contributed by atoms with van der Waals surface area (Å²) in [7, 11) is 0. The first-order valence-electron chi connectivity index (χ1n) is 8.84. The van der Waals surface area contributed by atoms with E-state index >= 15 is 0 Å². The molecule has 2 N–H and O–H groups in total. The Morgan fingerprint density at radius 1 is 1.18 bits per heavy atom. The first-order valence-corrected chi connectivity index (χ1v) is 8.84. The minimum atomic E-state index is -1.28. The number of hydrogen-bond acceptors (Lipinski definition) is 4. The van der Waals surface area contributed by atoms with Crippen molar-refractivity contribution >= 4 is 17.8 Å². The lowest BCUT2D eigenvalue weighted by Crippen LogP contribution is -2.43. The zero-order valence-electron chi connectivity index (χ0n) is 15.6. The van der Waals surface area contributed by atoms with Crippen molar-refractivity contribution in [3.05, 3.63) is 71.3 Å². The predicted octanol–water partition coefficient (Wildman–Crippen LogP) is 2.20.